The van der Waals surface area contributed by atoms with Gasteiger partial charge >= 0.3 is 0 Å². The van der Waals surface area contributed by atoms with Gasteiger partial charge in [0.2, 0.25) is 5.91 Å². The van der Waals surface area contributed by atoms with Gasteiger partial charge in [0.05, 0.1) is 0 Å². The van der Waals surface area contributed by atoms with Crippen LogP contribution in [0.4, 0.5) is 0 Å². The van der Waals surface area contributed by atoms with Gasteiger partial charge in [0.15, 0.2) is 0 Å². The summed E-state index contributed by atoms with van der Waals surface area (Å²) in [6, 6.07) is 0.229. The van der Waals surface area contributed by atoms with Crippen molar-refractivity contribution in [3.8, 4) is 0 Å². The second kappa shape index (κ2) is 5.03. The van der Waals surface area contributed by atoms with Crippen molar-refractivity contribution in [2.75, 3.05) is 5.88 Å². The number of hydrogen-bond donors (Lipinski definition) is 1. The van der Waals surface area contributed by atoms with Crippen LogP contribution in [-0.2, 0) is 4.79 Å². The van der Waals surface area contributed by atoms with Gasteiger partial charge in [0.25, 0.3) is 0 Å². The molecule has 0 aromatic carbocycles. The molecule has 3 heteroatoms. The van der Waals surface area contributed by atoms with Gasteiger partial charge < -0.3 is 5.32 Å². The molecule has 0 radical (unpaired) electrons. The van der Waals surface area contributed by atoms with E-state index in [0.717, 1.165) is 18.3 Å². The van der Waals surface area contributed by atoms with Crippen LogP contribution in [0.25, 0.3) is 0 Å². The van der Waals surface area contributed by atoms with Crippen LogP contribution in [0.1, 0.15) is 45.4 Å². The Balaban J connectivity index is 1.64. The first-order chi connectivity index (χ1) is 8.67. The van der Waals surface area contributed by atoms with E-state index in [1.165, 1.54) is 32.1 Å². The largest absolute Gasteiger partial charge is 0.353 e. The summed E-state index contributed by atoms with van der Waals surface area (Å²) in [5, 5.41) is 3.19. The first-order valence-corrected chi connectivity index (χ1v) is 8.07. The van der Waals surface area contributed by atoms with Gasteiger partial charge in [-0.05, 0) is 69.1 Å². The zero-order valence-electron chi connectivity index (χ0n) is 11.2. The topological polar surface area (TPSA) is 29.1 Å². The lowest BCUT2D eigenvalue weighted by atomic mass is 9.51. The Kier molecular flexibility index (Phi) is 3.57. The Morgan fingerprint density at radius 1 is 1.17 bits per heavy atom. The third kappa shape index (κ3) is 2.29. The number of alkyl halides is 1. The predicted molar refractivity (Wildman–Crippen MR) is 73.5 cm³/mol. The number of carbonyl (C=O) groups excluding carboxylic acids is 1. The lowest BCUT2D eigenvalue weighted by Gasteiger charge is -2.53. The third-order valence-electron chi connectivity index (χ3n) is 5.46. The van der Waals surface area contributed by atoms with Crippen molar-refractivity contribution in [3.05, 3.63) is 0 Å². The van der Waals surface area contributed by atoms with Crippen molar-refractivity contribution in [2.24, 2.45) is 29.6 Å². The standard InChI is InChI=1S/C15H24ClNO/c1-9(2-3-16)17-15(18)14-12-5-10-4-11(7-12)8-13(14)6-10/h9-14H,2-8H2,1H3,(H,17,18). The molecule has 1 unspecified atom stereocenters. The Labute approximate surface area is 115 Å². The SMILES string of the molecule is CC(CCCl)NC(=O)C1C2CC3CC(C2)CC1C3. The van der Waals surface area contributed by atoms with Crippen molar-refractivity contribution in [1.29, 1.82) is 0 Å². The fourth-order valence-electron chi connectivity index (χ4n) is 4.93. The van der Waals surface area contributed by atoms with E-state index in [9.17, 15) is 4.79 Å². The predicted octanol–water partition coefficient (Wildman–Crippen LogP) is 3.19. The average molecular weight is 270 g/mol. The van der Waals surface area contributed by atoms with Gasteiger partial charge in [-0.15, -0.1) is 11.6 Å². The Bertz CT molecular complexity index is 302. The van der Waals surface area contributed by atoms with E-state index in [2.05, 4.69) is 12.2 Å². The van der Waals surface area contributed by atoms with Crippen LogP contribution in [0.15, 0.2) is 0 Å². The second-order valence-corrected chi connectivity index (χ2v) is 7.22. The molecule has 0 aromatic heterocycles. The van der Waals surface area contributed by atoms with Crippen LogP contribution in [0.3, 0.4) is 0 Å². The normalized spacial score (nSPS) is 42.9. The summed E-state index contributed by atoms with van der Waals surface area (Å²) in [6.45, 7) is 2.07. The number of halogens is 1. The molecule has 102 valence electrons. The molecule has 0 heterocycles. The molecule has 0 aromatic rings. The van der Waals surface area contributed by atoms with E-state index in [0.29, 0.717) is 29.5 Å². The molecule has 2 nitrogen and oxygen atoms in total. The average Bonchev–Trinajstić information content (AvgIpc) is 2.27. The van der Waals surface area contributed by atoms with E-state index in [1.54, 1.807) is 0 Å². The highest BCUT2D eigenvalue weighted by Gasteiger charge is 2.50. The summed E-state index contributed by atoms with van der Waals surface area (Å²) in [5.74, 6) is 4.52. The number of rotatable bonds is 4. The van der Waals surface area contributed by atoms with Crippen molar-refractivity contribution in [1.82, 2.24) is 5.32 Å². The molecule has 4 aliphatic carbocycles. The first kappa shape index (κ1) is 12.8. The number of nitrogens with one attached hydrogen (secondary N) is 1. The molecule has 1 atom stereocenters. The van der Waals surface area contributed by atoms with Gasteiger partial charge in [-0.2, -0.15) is 0 Å². The molecule has 4 saturated carbocycles. The minimum absolute atomic E-state index is 0.229. The van der Waals surface area contributed by atoms with Gasteiger partial charge in [-0.1, -0.05) is 0 Å². The zero-order chi connectivity index (χ0) is 12.7. The maximum absolute atomic E-state index is 12.5. The van der Waals surface area contributed by atoms with Gasteiger partial charge in [-0.25, -0.2) is 0 Å². The number of hydrogen-bond acceptors (Lipinski definition) is 1. The smallest absolute Gasteiger partial charge is 0.223 e. The molecule has 18 heavy (non-hydrogen) atoms. The summed E-state index contributed by atoms with van der Waals surface area (Å²) in [4.78, 5) is 12.5. The van der Waals surface area contributed by atoms with Gasteiger partial charge in [0, 0.05) is 17.8 Å². The summed E-state index contributed by atoms with van der Waals surface area (Å²) in [5.41, 5.74) is 0. The van der Waals surface area contributed by atoms with E-state index in [-0.39, 0.29) is 6.04 Å². The molecular weight excluding hydrogens is 246 g/mol. The zero-order valence-corrected chi connectivity index (χ0v) is 12.0. The summed E-state index contributed by atoms with van der Waals surface area (Å²) in [6.07, 6.45) is 7.58. The Morgan fingerprint density at radius 2 is 1.72 bits per heavy atom. The molecule has 0 aliphatic heterocycles. The van der Waals surface area contributed by atoms with Crippen LogP contribution in [-0.4, -0.2) is 17.8 Å². The molecule has 1 amide bonds. The minimum Gasteiger partial charge on any atom is -0.353 e. The van der Waals surface area contributed by atoms with Crippen LogP contribution in [0.5, 0.6) is 0 Å². The van der Waals surface area contributed by atoms with Crippen LogP contribution >= 0.6 is 11.6 Å². The highest BCUT2D eigenvalue weighted by molar-refractivity contribution is 6.17. The van der Waals surface area contributed by atoms with Crippen molar-refractivity contribution in [3.63, 3.8) is 0 Å². The van der Waals surface area contributed by atoms with E-state index >= 15 is 0 Å². The van der Waals surface area contributed by atoms with E-state index < -0.39 is 0 Å². The summed E-state index contributed by atoms with van der Waals surface area (Å²) >= 11 is 5.74. The Hall–Kier alpha value is -0.240. The molecule has 0 saturated heterocycles. The molecule has 4 aliphatic rings. The molecule has 4 fully saturated rings. The highest BCUT2D eigenvalue weighted by Crippen LogP contribution is 2.56. The minimum atomic E-state index is 0.229. The maximum Gasteiger partial charge on any atom is 0.223 e. The monoisotopic (exact) mass is 269 g/mol. The van der Waals surface area contributed by atoms with Crippen LogP contribution in [0.2, 0.25) is 0 Å². The number of carbonyl (C=O) groups is 1. The van der Waals surface area contributed by atoms with Gasteiger partial charge in [-0.3, -0.25) is 4.79 Å². The van der Waals surface area contributed by atoms with Crippen LogP contribution in [0, 0.1) is 29.6 Å². The van der Waals surface area contributed by atoms with Crippen molar-refractivity contribution in [2.45, 2.75) is 51.5 Å². The number of amides is 1. The molecule has 0 spiro atoms. The van der Waals surface area contributed by atoms with E-state index in [1.807, 2.05) is 0 Å². The van der Waals surface area contributed by atoms with Gasteiger partial charge in [0.1, 0.15) is 0 Å². The molecule has 4 bridgehead atoms. The first-order valence-electron chi connectivity index (χ1n) is 7.53. The molecule has 4 rings (SSSR count). The fourth-order valence-corrected chi connectivity index (χ4v) is 5.26. The Morgan fingerprint density at radius 3 is 2.22 bits per heavy atom. The summed E-state index contributed by atoms with van der Waals surface area (Å²) < 4.78 is 0. The van der Waals surface area contributed by atoms with Crippen molar-refractivity contribution >= 4 is 17.5 Å². The molecular formula is C15H24ClNO. The van der Waals surface area contributed by atoms with E-state index in [4.69, 9.17) is 11.6 Å². The quantitative estimate of drug-likeness (QED) is 0.781. The lowest BCUT2D eigenvalue weighted by Crippen LogP contribution is -2.52. The third-order valence-corrected chi connectivity index (χ3v) is 5.68. The van der Waals surface area contributed by atoms with Crippen LogP contribution < -0.4 is 5.32 Å². The highest BCUT2D eigenvalue weighted by atomic mass is 35.5. The molecule has 1 N–H and O–H groups in total. The maximum atomic E-state index is 12.5. The lowest BCUT2D eigenvalue weighted by molar-refractivity contribution is -0.138. The summed E-state index contributed by atoms with van der Waals surface area (Å²) in [7, 11) is 0. The van der Waals surface area contributed by atoms with Crippen molar-refractivity contribution < 1.29 is 4.79 Å². The fraction of sp³-hybridized carbons (Fsp3) is 0.933. The second-order valence-electron chi connectivity index (χ2n) is 6.84.